The molecule has 0 atom stereocenters. The Morgan fingerprint density at radius 2 is 2.12 bits per heavy atom. The van der Waals surface area contributed by atoms with Gasteiger partial charge in [-0.2, -0.15) is 0 Å². The summed E-state index contributed by atoms with van der Waals surface area (Å²) in [5.41, 5.74) is 1.14. The molecule has 1 aliphatic rings. The third-order valence-corrected chi connectivity index (χ3v) is 3.62. The fraction of sp³-hybridized carbons (Fsp3) is 0.500. The SMILES string of the molecule is Oc1ccc(CNCC2CC(O)C2)cc1Br. The highest BCUT2D eigenvalue weighted by molar-refractivity contribution is 9.10. The molecule has 0 amide bonds. The second kappa shape index (κ2) is 5.17. The second-order valence-electron chi connectivity index (χ2n) is 4.41. The zero-order valence-corrected chi connectivity index (χ0v) is 10.6. The Kier molecular flexibility index (Phi) is 3.84. The van der Waals surface area contributed by atoms with Crippen molar-refractivity contribution in [1.82, 2.24) is 5.32 Å². The minimum Gasteiger partial charge on any atom is -0.507 e. The normalized spacial score (nSPS) is 24.1. The Hall–Kier alpha value is -0.580. The van der Waals surface area contributed by atoms with Crippen LogP contribution in [-0.2, 0) is 6.54 Å². The third kappa shape index (κ3) is 2.97. The number of aromatic hydroxyl groups is 1. The number of hydrogen-bond donors (Lipinski definition) is 3. The van der Waals surface area contributed by atoms with Gasteiger partial charge in [0, 0.05) is 6.54 Å². The highest BCUT2D eigenvalue weighted by Crippen LogP contribution is 2.27. The van der Waals surface area contributed by atoms with Crippen LogP contribution in [-0.4, -0.2) is 22.9 Å². The van der Waals surface area contributed by atoms with E-state index in [9.17, 15) is 5.11 Å². The molecule has 0 aromatic heterocycles. The lowest BCUT2D eigenvalue weighted by atomic mass is 9.82. The van der Waals surface area contributed by atoms with Gasteiger partial charge in [-0.15, -0.1) is 0 Å². The quantitative estimate of drug-likeness (QED) is 0.793. The van der Waals surface area contributed by atoms with Crippen molar-refractivity contribution in [2.75, 3.05) is 6.54 Å². The van der Waals surface area contributed by atoms with Crippen molar-refractivity contribution in [2.24, 2.45) is 5.92 Å². The van der Waals surface area contributed by atoms with Crippen molar-refractivity contribution in [1.29, 1.82) is 0 Å². The van der Waals surface area contributed by atoms with Crippen molar-refractivity contribution in [3.63, 3.8) is 0 Å². The molecule has 0 radical (unpaired) electrons. The zero-order chi connectivity index (χ0) is 11.5. The molecule has 88 valence electrons. The summed E-state index contributed by atoms with van der Waals surface area (Å²) in [4.78, 5) is 0. The van der Waals surface area contributed by atoms with Crippen LogP contribution in [0.3, 0.4) is 0 Å². The number of benzene rings is 1. The summed E-state index contributed by atoms with van der Waals surface area (Å²) in [5.74, 6) is 0.890. The number of halogens is 1. The predicted octanol–water partition coefficient (Wildman–Crippen LogP) is 2.02. The number of hydrogen-bond acceptors (Lipinski definition) is 3. The van der Waals surface area contributed by atoms with Crippen LogP contribution in [0.5, 0.6) is 5.75 Å². The van der Waals surface area contributed by atoms with Gasteiger partial charge in [-0.05, 0) is 58.9 Å². The fourth-order valence-electron chi connectivity index (χ4n) is 1.95. The fourth-order valence-corrected chi connectivity index (χ4v) is 2.37. The molecule has 1 saturated carbocycles. The minimum absolute atomic E-state index is 0.0744. The third-order valence-electron chi connectivity index (χ3n) is 2.99. The number of phenolic OH excluding ortho intramolecular Hbond substituents is 1. The Morgan fingerprint density at radius 3 is 2.75 bits per heavy atom. The first-order valence-electron chi connectivity index (χ1n) is 5.51. The highest BCUT2D eigenvalue weighted by Gasteiger charge is 2.26. The molecule has 0 saturated heterocycles. The van der Waals surface area contributed by atoms with Crippen LogP contribution in [0.1, 0.15) is 18.4 Å². The first kappa shape index (κ1) is 11.9. The number of aliphatic hydroxyl groups excluding tert-OH is 1. The summed E-state index contributed by atoms with van der Waals surface area (Å²) in [5, 5.41) is 21.8. The van der Waals surface area contributed by atoms with E-state index in [1.165, 1.54) is 0 Å². The van der Waals surface area contributed by atoms with Crippen molar-refractivity contribution in [3.8, 4) is 5.75 Å². The molecule has 4 heteroatoms. The van der Waals surface area contributed by atoms with Crippen molar-refractivity contribution in [3.05, 3.63) is 28.2 Å². The number of aliphatic hydroxyl groups is 1. The lowest BCUT2D eigenvalue weighted by Gasteiger charge is -2.31. The van der Waals surface area contributed by atoms with E-state index in [-0.39, 0.29) is 11.9 Å². The molecular formula is C12H16BrNO2. The van der Waals surface area contributed by atoms with Gasteiger partial charge in [-0.1, -0.05) is 6.07 Å². The van der Waals surface area contributed by atoms with Gasteiger partial charge >= 0.3 is 0 Å². The zero-order valence-electron chi connectivity index (χ0n) is 8.99. The maximum atomic E-state index is 9.34. The van der Waals surface area contributed by atoms with E-state index in [1.54, 1.807) is 6.07 Å². The smallest absolute Gasteiger partial charge is 0.129 e. The molecule has 3 nitrogen and oxygen atoms in total. The summed E-state index contributed by atoms with van der Waals surface area (Å²) in [6.45, 7) is 1.75. The Balaban J connectivity index is 1.74. The Bertz CT molecular complexity index is 364. The number of rotatable bonds is 4. The molecule has 2 rings (SSSR count). The van der Waals surface area contributed by atoms with Crippen LogP contribution in [0.15, 0.2) is 22.7 Å². The molecule has 3 N–H and O–H groups in total. The summed E-state index contributed by atoms with van der Waals surface area (Å²) >= 11 is 3.29. The summed E-state index contributed by atoms with van der Waals surface area (Å²) in [6.07, 6.45) is 1.77. The standard InChI is InChI=1S/C12H16BrNO2/c13-11-5-8(1-2-12(11)16)6-14-7-9-3-10(15)4-9/h1-2,5,9-10,14-16H,3-4,6-7H2. The first-order chi connectivity index (χ1) is 7.65. The molecule has 0 bridgehead atoms. The van der Waals surface area contributed by atoms with E-state index in [4.69, 9.17) is 5.11 Å². The van der Waals surface area contributed by atoms with Crippen LogP contribution in [0.2, 0.25) is 0 Å². The number of phenols is 1. The summed E-state index contributed by atoms with van der Waals surface area (Å²) in [7, 11) is 0. The summed E-state index contributed by atoms with van der Waals surface area (Å²) < 4.78 is 0.728. The van der Waals surface area contributed by atoms with Crippen LogP contribution in [0.25, 0.3) is 0 Å². The molecule has 1 aromatic carbocycles. The largest absolute Gasteiger partial charge is 0.507 e. The molecule has 0 heterocycles. The van der Waals surface area contributed by atoms with Gasteiger partial charge in [0.1, 0.15) is 5.75 Å². The second-order valence-corrected chi connectivity index (χ2v) is 5.26. The topological polar surface area (TPSA) is 52.5 Å². The van der Waals surface area contributed by atoms with E-state index >= 15 is 0 Å². The van der Waals surface area contributed by atoms with Crippen molar-refractivity contribution < 1.29 is 10.2 Å². The van der Waals surface area contributed by atoms with Gasteiger partial charge in [0.15, 0.2) is 0 Å². The maximum Gasteiger partial charge on any atom is 0.129 e. The van der Waals surface area contributed by atoms with Gasteiger partial charge in [-0.25, -0.2) is 0 Å². The van der Waals surface area contributed by atoms with Crippen molar-refractivity contribution in [2.45, 2.75) is 25.5 Å². The molecule has 16 heavy (non-hydrogen) atoms. The monoisotopic (exact) mass is 285 g/mol. The molecule has 0 unspecified atom stereocenters. The van der Waals surface area contributed by atoms with Gasteiger partial charge in [0.2, 0.25) is 0 Å². The molecule has 0 aliphatic heterocycles. The molecule has 1 fully saturated rings. The lowest BCUT2D eigenvalue weighted by Crippen LogP contribution is -2.35. The Labute approximate surface area is 104 Å². The average molecular weight is 286 g/mol. The van der Waals surface area contributed by atoms with Gasteiger partial charge < -0.3 is 15.5 Å². The Morgan fingerprint density at radius 1 is 1.38 bits per heavy atom. The summed E-state index contributed by atoms with van der Waals surface area (Å²) in [6, 6.07) is 5.51. The molecule has 0 spiro atoms. The first-order valence-corrected chi connectivity index (χ1v) is 6.30. The van der Waals surface area contributed by atoms with Gasteiger partial charge in [0.05, 0.1) is 10.6 Å². The van der Waals surface area contributed by atoms with Gasteiger partial charge in [0.25, 0.3) is 0 Å². The highest BCUT2D eigenvalue weighted by atomic mass is 79.9. The molecular weight excluding hydrogens is 270 g/mol. The van der Waals surface area contributed by atoms with E-state index in [0.29, 0.717) is 5.92 Å². The number of nitrogens with one attached hydrogen (secondary N) is 1. The van der Waals surface area contributed by atoms with E-state index in [1.807, 2.05) is 12.1 Å². The van der Waals surface area contributed by atoms with E-state index in [0.717, 1.165) is 36.0 Å². The van der Waals surface area contributed by atoms with E-state index in [2.05, 4.69) is 21.2 Å². The van der Waals surface area contributed by atoms with Crippen molar-refractivity contribution >= 4 is 15.9 Å². The average Bonchev–Trinajstić information content (AvgIpc) is 2.21. The van der Waals surface area contributed by atoms with Crippen LogP contribution in [0, 0.1) is 5.92 Å². The maximum absolute atomic E-state index is 9.34. The lowest BCUT2D eigenvalue weighted by molar-refractivity contribution is 0.0430. The predicted molar refractivity (Wildman–Crippen MR) is 66.2 cm³/mol. The minimum atomic E-state index is -0.0744. The van der Waals surface area contributed by atoms with Crippen LogP contribution >= 0.6 is 15.9 Å². The molecule has 1 aliphatic carbocycles. The van der Waals surface area contributed by atoms with Crippen LogP contribution in [0.4, 0.5) is 0 Å². The van der Waals surface area contributed by atoms with Gasteiger partial charge in [-0.3, -0.25) is 0 Å². The molecule has 1 aromatic rings. The van der Waals surface area contributed by atoms with E-state index < -0.39 is 0 Å². The van der Waals surface area contributed by atoms with Crippen LogP contribution < -0.4 is 5.32 Å².